The predicted octanol–water partition coefficient (Wildman–Crippen LogP) is 6.87. The van der Waals surface area contributed by atoms with E-state index >= 15 is 0 Å². The molecule has 0 saturated heterocycles. The van der Waals surface area contributed by atoms with Crippen molar-refractivity contribution in [3.63, 3.8) is 0 Å². The molecule has 0 aromatic carbocycles. The monoisotopic (exact) mass is 444 g/mol. The number of aliphatic hydroxyl groups excluding tert-OH is 1. The van der Waals surface area contributed by atoms with Crippen LogP contribution in [0.3, 0.4) is 0 Å². The van der Waals surface area contributed by atoms with Gasteiger partial charge in [0.2, 0.25) is 0 Å². The molecule has 0 bridgehead atoms. The first-order chi connectivity index (χ1) is 15.3. The summed E-state index contributed by atoms with van der Waals surface area (Å²) in [6, 6.07) is 0. The Balaban J connectivity index is 1.68. The van der Waals surface area contributed by atoms with Crippen molar-refractivity contribution in [3.05, 3.63) is 35.5 Å². The summed E-state index contributed by atoms with van der Waals surface area (Å²) in [6.07, 6.45) is 17.6. The van der Waals surface area contributed by atoms with Crippen molar-refractivity contribution < 1.29 is 14.6 Å². The Labute approximate surface area is 197 Å². The SMILES string of the molecule is C=C1[C@H](CO)C/C(=C/C=C2\CCC[C@]3(C)[C@@H]([C@@H](C)CCC[C@H](C)OC)CC[C@@H]23)C[C@H]1OC. The van der Waals surface area contributed by atoms with Gasteiger partial charge in [0.25, 0.3) is 0 Å². The van der Waals surface area contributed by atoms with E-state index in [9.17, 15) is 5.11 Å². The number of aliphatic hydroxyl groups is 1. The second kappa shape index (κ2) is 11.5. The van der Waals surface area contributed by atoms with Crippen LogP contribution in [0.2, 0.25) is 0 Å². The molecule has 1 N–H and O–H groups in total. The van der Waals surface area contributed by atoms with E-state index in [0.29, 0.717) is 11.5 Å². The molecule has 0 radical (unpaired) electrons. The average molecular weight is 445 g/mol. The van der Waals surface area contributed by atoms with Gasteiger partial charge in [0.15, 0.2) is 0 Å². The maximum Gasteiger partial charge on any atom is 0.0819 e. The van der Waals surface area contributed by atoms with Crippen molar-refractivity contribution in [1.29, 1.82) is 0 Å². The van der Waals surface area contributed by atoms with Crippen molar-refractivity contribution in [2.75, 3.05) is 20.8 Å². The predicted molar refractivity (Wildman–Crippen MR) is 134 cm³/mol. The highest BCUT2D eigenvalue weighted by Gasteiger charge is 2.50. The van der Waals surface area contributed by atoms with Crippen LogP contribution in [0.5, 0.6) is 0 Å². The Morgan fingerprint density at radius 2 is 1.94 bits per heavy atom. The second-order valence-corrected chi connectivity index (χ2v) is 11.2. The van der Waals surface area contributed by atoms with E-state index in [1.54, 1.807) is 12.7 Å². The number of hydrogen-bond donors (Lipinski definition) is 1. The summed E-state index contributed by atoms with van der Waals surface area (Å²) in [4.78, 5) is 0. The summed E-state index contributed by atoms with van der Waals surface area (Å²) in [5.41, 5.74) is 4.59. The van der Waals surface area contributed by atoms with Gasteiger partial charge in [-0.2, -0.15) is 0 Å². The molecule has 0 aromatic rings. The number of ether oxygens (including phenoxy) is 2. The van der Waals surface area contributed by atoms with Crippen LogP contribution in [0, 0.1) is 29.1 Å². The molecule has 0 unspecified atom stereocenters. The molecule has 0 heterocycles. The number of methoxy groups -OCH3 is 2. The van der Waals surface area contributed by atoms with E-state index < -0.39 is 0 Å². The third-order valence-electron chi connectivity index (χ3n) is 9.33. The molecular weight excluding hydrogens is 396 g/mol. The van der Waals surface area contributed by atoms with Gasteiger partial charge in [-0.15, -0.1) is 0 Å². The Morgan fingerprint density at radius 3 is 2.62 bits per heavy atom. The van der Waals surface area contributed by atoms with Gasteiger partial charge in [0.1, 0.15) is 0 Å². The number of allylic oxidation sites excluding steroid dienone is 3. The molecule has 3 aliphatic rings. The molecule has 3 aliphatic carbocycles. The largest absolute Gasteiger partial charge is 0.396 e. The van der Waals surface area contributed by atoms with Crippen molar-refractivity contribution in [1.82, 2.24) is 0 Å². The zero-order chi connectivity index (χ0) is 23.3. The highest BCUT2D eigenvalue weighted by molar-refractivity contribution is 5.29. The van der Waals surface area contributed by atoms with Crippen LogP contribution in [0.4, 0.5) is 0 Å². The lowest BCUT2D eigenvalue weighted by molar-refractivity contribution is 0.0842. The summed E-state index contributed by atoms with van der Waals surface area (Å²) >= 11 is 0. The van der Waals surface area contributed by atoms with Crippen LogP contribution >= 0.6 is 0 Å². The number of rotatable bonds is 9. The molecular formula is C29H48O3. The standard InChI is InChI=1S/C29H48O3/c1-20(9-7-10-21(2)31-5)26-14-15-27-24(11-8-16-29(26,27)4)13-12-23-17-25(19-30)22(3)28(18-23)32-6/h12-13,20-21,25-28,30H,3,7-11,14-19H2,1-2,4-6H3/b23-12-,24-13+/t20-,21-,25-,26+,27-,28+,29+/m0/s1. The minimum atomic E-state index is 0.0414. The van der Waals surface area contributed by atoms with Crippen molar-refractivity contribution in [2.24, 2.45) is 29.1 Å². The maximum atomic E-state index is 9.79. The van der Waals surface area contributed by atoms with Crippen molar-refractivity contribution in [3.8, 4) is 0 Å². The molecule has 7 atom stereocenters. The van der Waals surface area contributed by atoms with E-state index in [2.05, 4.69) is 39.5 Å². The van der Waals surface area contributed by atoms with Gasteiger partial charge >= 0.3 is 0 Å². The van der Waals surface area contributed by atoms with E-state index in [4.69, 9.17) is 9.47 Å². The molecule has 0 aliphatic heterocycles. The van der Waals surface area contributed by atoms with Gasteiger partial charge in [-0.25, -0.2) is 0 Å². The van der Waals surface area contributed by atoms with E-state index in [-0.39, 0.29) is 18.6 Å². The summed E-state index contributed by atoms with van der Waals surface area (Å²) < 4.78 is 11.1. The Morgan fingerprint density at radius 1 is 1.16 bits per heavy atom. The van der Waals surface area contributed by atoms with Gasteiger partial charge in [0.05, 0.1) is 12.2 Å². The van der Waals surface area contributed by atoms with Crippen molar-refractivity contribution in [2.45, 2.75) is 97.2 Å². The summed E-state index contributed by atoms with van der Waals surface area (Å²) in [6.45, 7) is 11.6. The number of fused-ring (bicyclic) bond motifs is 1. The summed E-state index contributed by atoms with van der Waals surface area (Å²) in [7, 11) is 3.58. The molecule has 3 heteroatoms. The van der Waals surface area contributed by atoms with Crippen molar-refractivity contribution >= 4 is 0 Å². The molecule has 0 spiro atoms. The molecule has 3 saturated carbocycles. The van der Waals surface area contributed by atoms with Crippen LogP contribution in [0.1, 0.15) is 85.0 Å². The zero-order valence-electron chi connectivity index (χ0n) is 21.4. The smallest absolute Gasteiger partial charge is 0.0819 e. The molecule has 0 aromatic heterocycles. The number of hydrogen-bond acceptors (Lipinski definition) is 3. The first-order valence-electron chi connectivity index (χ1n) is 13.1. The topological polar surface area (TPSA) is 38.7 Å². The quantitative estimate of drug-likeness (QED) is 0.394. The first kappa shape index (κ1) is 25.7. The third-order valence-corrected chi connectivity index (χ3v) is 9.33. The first-order valence-corrected chi connectivity index (χ1v) is 13.1. The highest BCUT2D eigenvalue weighted by atomic mass is 16.5. The molecule has 3 fully saturated rings. The minimum Gasteiger partial charge on any atom is -0.396 e. The van der Waals surface area contributed by atoms with Crippen LogP contribution in [-0.2, 0) is 9.47 Å². The van der Waals surface area contributed by atoms with Crippen LogP contribution in [0.25, 0.3) is 0 Å². The molecule has 3 nitrogen and oxygen atoms in total. The van der Waals surface area contributed by atoms with E-state index in [0.717, 1.165) is 36.2 Å². The normalized spacial score (nSPS) is 37.6. The fourth-order valence-electron chi connectivity index (χ4n) is 7.20. The van der Waals surface area contributed by atoms with Crippen LogP contribution < -0.4 is 0 Å². The lowest BCUT2D eigenvalue weighted by atomic mass is 9.60. The fourth-order valence-corrected chi connectivity index (χ4v) is 7.20. The Bertz CT molecular complexity index is 675. The highest BCUT2D eigenvalue weighted by Crippen LogP contribution is 2.60. The lowest BCUT2D eigenvalue weighted by Crippen LogP contribution is -2.36. The zero-order valence-corrected chi connectivity index (χ0v) is 21.4. The molecule has 0 amide bonds. The second-order valence-electron chi connectivity index (χ2n) is 11.2. The van der Waals surface area contributed by atoms with Gasteiger partial charge < -0.3 is 14.6 Å². The van der Waals surface area contributed by atoms with Crippen LogP contribution in [0.15, 0.2) is 35.5 Å². The lowest BCUT2D eigenvalue weighted by Gasteiger charge is -2.44. The molecule has 32 heavy (non-hydrogen) atoms. The maximum absolute atomic E-state index is 9.79. The van der Waals surface area contributed by atoms with E-state index in [1.807, 2.05) is 7.11 Å². The van der Waals surface area contributed by atoms with Crippen LogP contribution in [-0.4, -0.2) is 38.1 Å². The Hall–Kier alpha value is -0.900. The van der Waals surface area contributed by atoms with Gasteiger partial charge in [0, 0.05) is 26.7 Å². The van der Waals surface area contributed by atoms with E-state index in [1.165, 1.54) is 56.9 Å². The van der Waals surface area contributed by atoms with Gasteiger partial charge in [-0.05, 0) is 87.0 Å². The van der Waals surface area contributed by atoms with Gasteiger partial charge in [-0.1, -0.05) is 56.6 Å². The average Bonchev–Trinajstić information content (AvgIpc) is 3.15. The Kier molecular flexibility index (Phi) is 9.23. The fraction of sp³-hybridized carbons (Fsp3) is 0.793. The minimum absolute atomic E-state index is 0.0414. The van der Waals surface area contributed by atoms with Gasteiger partial charge in [-0.3, -0.25) is 0 Å². The summed E-state index contributed by atoms with van der Waals surface area (Å²) in [5, 5.41) is 9.79. The third kappa shape index (κ3) is 5.59. The molecule has 3 rings (SSSR count). The molecule has 182 valence electrons. The summed E-state index contributed by atoms with van der Waals surface area (Å²) in [5.74, 6) is 2.51.